The van der Waals surface area contributed by atoms with Crippen LogP contribution in [0.25, 0.3) is 0 Å². The molecule has 15 heteroatoms. The van der Waals surface area contributed by atoms with Gasteiger partial charge in [-0.05, 0) is 89.9 Å². The van der Waals surface area contributed by atoms with Crippen LogP contribution >= 0.6 is 0 Å². The van der Waals surface area contributed by atoms with Crippen molar-refractivity contribution < 1.29 is 73.8 Å². The molecule has 2 heterocycles. The minimum absolute atomic E-state index is 0.0834. The van der Waals surface area contributed by atoms with Crippen LogP contribution in [0.1, 0.15) is 155 Å². The molecule has 410 valence electrons. The van der Waals surface area contributed by atoms with Crippen molar-refractivity contribution in [2.75, 3.05) is 26.4 Å². The van der Waals surface area contributed by atoms with Crippen molar-refractivity contribution >= 4 is 11.9 Å². The molecule has 4 unspecified atom stereocenters. The Bertz CT molecular complexity index is 1620. The standard InChI is InChI=1S/C57H92O15/c1-3-5-7-9-11-13-15-17-19-21-22-24-25-27-29-31-33-35-37-39-48(59)67-42-45(70-49(60)40-38-36-34-32-30-28-26-23-20-18-16-14-12-10-8-6-4-2)43-68-56-55(66)53(64)51(62)47(72-56)44-69-57-54(65)52(63)50(61)46(41-58)71-57/h11-14,17-20,22,24,26-29,33,35,45-47,50-58,61-66H,3-10,15-16,21,23,25,30-32,34,36-44H2,1-2H3/b13-11+,14-12+,19-17+,20-18+,24-22+,28-26+,29-27+,35-33+/t45-,46+,47+,50-,51-,52?,53?,54?,55?,56+,57+/m0/s1. The van der Waals surface area contributed by atoms with Crippen LogP contribution in [0.5, 0.6) is 0 Å². The molecule has 0 radical (unpaired) electrons. The number of allylic oxidation sites excluding steroid dienone is 16. The first-order chi connectivity index (χ1) is 35.0. The average molecular weight is 1020 g/mol. The highest BCUT2D eigenvalue weighted by molar-refractivity contribution is 5.70. The van der Waals surface area contributed by atoms with E-state index in [0.29, 0.717) is 12.8 Å². The van der Waals surface area contributed by atoms with E-state index in [1.54, 1.807) is 0 Å². The van der Waals surface area contributed by atoms with Crippen molar-refractivity contribution in [3.63, 3.8) is 0 Å². The molecule has 15 nitrogen and oxygen atoms in total. The van der Waals surface area contributed by atoms with Crippen LogP contribution in [-0.2, 0) is 38.0 Å². The monoisotopic (exact) mass is 1020 g/mol. The van der Waals surface area contributed by atoms with E-state index in [0.717, 1.165) is 77.0 Å². The molecular weight excluding hydrogens is 925 g/mol. The number of ether oxygens (including phenoxy) is 6. The zero-order valence-corrected chi connectivity index (χ0v) is 43.4. The molecule has 0 aromatic rings. The molecule has 7 N–H and O–H groups in total. The lowest BCUT2D eigenvalue weighted by atomic mass is 9.98. The van der Waals surface area contributed by atoms with Gasteiger partial charge in [0.2, 0.25) is 0 Å². The Balaban J connectivity index is 1.85. The third-order valence-corrected chi connectivity index (χ3v) is 12.0. The van der Waals surface area contributed by atoms with Crippen LogP contribution in [0.15, 0.2) is 97.2 Å². The lowest BCUT2D eigenvalue weighted by molar-refractivity contribution is -0.332. The number of aliphatic hydroxyl groups excluding tert-OH is 7. The van der Waals surface area contributed by atoms with Gasteiger partial charge in [0, 0.05) is 12.8 Å². The average Bonchev–Trinajstić information content (AvgIpc) is 3.37. The van der Waals surface area contributed by atoms with Gasteiger partial charge in [0.05, 0.1) is 19.8 Å². The van der Waals surface area contributed by atoms with E-state index in [2.05, 4.69) is 98.9 Å². The number of carbonyl (C=O) groups is 2. The van der Waals surface area contributed by atoms with Crippen LogP contribution in [0, 0.1) is 0 Å². The molecule has 2 saturated heterocycles. The molecule has 0 aromatic heterocycles. The summed E-state index contributed by atoms with van der Waals surface area (Å²) in [4.78, 5) is 25.8. The molecular formula is C57H92O15. The molecule has 2 aliphatic rings. The lowest BCUT2D eigenvalue weighted by Crippen LogP contribution is -2.61. The molecule has 0 aliphatic carbocycles. The van der Waals surface area contributed by atoms with E-state index in [9.17, 15) is 45.3 Å². The zero-order valence-electron chi connectivity index (χ0n) is 43.4. The molecule has 0 aromatic carbocycles. The fraction of sp³-hybridized carbons (Fsp3) is 0.684. The van der Waals surface area contributed by atoms with Crippen molar-refractivity contribution in [3.8, 4) is 0 Å². The molecule has 72 heavy (non-hydrogen) atoms. The van der Waals surface area contributed by atoms with Crippen molar-refractivity contribution in [1.82, 2.24) is 0 Å². The fourth-order valence-corrected chi connectivity index (χ4v) is 7.62. The van der Waals surface area contributed by atoms with Crippen molar-refractivity contribution in [2.45, 2.75) is 223 Å². The highest BCUT2D eigenvalue weighted by Crippen LogP contribution is 2.26. The summed E-state index contributed by atoms with van der Waals surface area (Å²) in [7, 11) is 0. The second-order valence-electron chi connectivity index (χ2n) is 18.3. The number of aliphatic hydroxyl groups is 7. The molecule has 0 spiro atoms. The van der Waals surface area contributed by atoms with Gasteiger partial charge in [-0.3, -0.25) is 9.59 Å². The zero-order chi connectivity index (χ0) is 52.4. The van der Waals surface area contributed by atoms with Crippen molar-refractivity contribution in [3.05, 3.63) is 97.2 Å². The van der Waals surface area contributed by atoms with Gasteiger partial charge < -0.3 is 64.2 Å². The van der Waals surface area contributed by atoms with Gasteiger partial charge in [-0.2, -0.15) is 0 Å². The number of esters is 2. The maximum Gasteiger partial charge on any atom is 0.306 e. The topological polar surface area (TPSA) is 231 Å². The van der Waals surface area contributed by atoms with Crippen molar-refractivity contribution in [2.24, 2.45) is 0 Å². The summed E-state index contributed by atoms with van der Waals surface area (Å²) in [6, 6.07) is 0. The molecule has 2 rings (SSSR count). The summed E-state index contributed by atoms with van der Waals surface area (Å²) in [5.74, 6) is -1.06. The summed E-state index contributed by atoms with van der Waals surface area (Å²) in [6.45, 7) is 2.41. The predicted molar refractivity (Wildman–Crippen MR) is 279 cm³/mol. The van der Waals surface area contributed by atoms with Gasteiger partial charge in [-0.25, -0.2) is 0 Å². The van der Waals surface area contributed by atoms with E-state index in [1.165, 1.54) is 38.5 Å². The summed E-state index contributed by atoms with van der Waals surface area (Å²) in [5, 5.41) is 72.1. The quantitative estimate of drug-likeness (QED) is 0.0174. The molecule has 2 fully saturated rings. The van der Waals surface area contributed by atoms with E-state index >= 15 is 0 Å². The Hall–Kier alpha value is -3.58. The van der Waals surface area contributed by atoms with Gasteiger partial charge in [0.25, 0.3) is 0 Å². The van der Waals surface area contributed by atoms with Crippen LogP contribution in [0.2, 0.25) is 0 Å². The first-order valence-corrected chi connectivity index (χ1v) is 26.8. The van der Waals surface area contributed by atoms with Crippen LogP contribution < -0.4 is 0 Å². The first-order valence-electron chi connectivity index (χ1n) is 26.8. The molecule has 2 aliphatic heterocycles. The van der Waals surface area contributed by atoms with Crippen molar-refractivity contribution in [1.29, 1.82) is 0 Å². The Morgan fingerprint density at radius 3 is 1.35 bits per heavy atom. The summed E-state index contributed by atoms with van der Waals surface area (Å²) in [5.41, 5.74) is 0. The Morgan fingerprint density at radius 1 is 0.444 bits per heavy atom. The number of unbranched alkanes of at least 4 members (excludes halogenated alkanes) is 10. The van der Waals surface area contributed by atoms with Crippen LogP contribution in [0.3, 0.4) is 0 Å². The van der Waals surface area contributed by atoms with Gasteiger partial charge >= 0.3 is 11.9 Å². The minimum atomic E-state index is -1.79. The van der Waals surface area contributed by atoms with Crippen LogP contribution in [0.4, 0.5) is 0 Å². The summed E-state index contributed by atoms with van der Waals surface area (Å²) < 4.78 is 33.5. The van der Waals surface area contributed by atoms with Gasteiger partial charge in [0.15, 0.2) is 18.7 Å². The third kappa shape index (κ3) is 30.0. The van der Waals surface area contributed by atoms with Gasteiger partial charge in [0.1, 0.15) is 55.4 Å². The first kappa shape index (κ1) is 64.5. The minimum Gasteiger partial charge on any atom is -0.462 e. The van der Waals surface area contributed by atoms with E-state index < -0.39 is 99.3 Å². The lowest BCUT2D eigenvalue weighted by Gasteiger charge is -2.42. The summed E-state index contributed by atoms with van der Waals surface area (Å²) >= 11 is 0. The third-order valence-electron chi connectivity index (χ3n) is 12.0. The van der Waals surface area contributed by atoms with Gasteiger partial charge in [-0.1, -0.05) is 150 Å². The van der Waals surface area contributed by atoms with E-state index in [1.807, 2.05) is 12.2 Å². The number of carbonyl (C=O) groups excluding carboxylic acids is 2. The normalized spacial score (nSPS) is 25.8. The second-order valence-corrected chi connectivity index (χ2v) is 18.3. The maximum atomic E-state index is 13.0. The highest BCUT2D eigenvalue weighted by atomic mass is 16.7. The SMILES string of the molecule is CCCCC/C=C/C/C=C/C/C=C/C/C=C/C/C=C/CCC(=O)OC[C@@H](CO[C@@H]1O[C@H](CO[C@@H]2O[C@H](CO)[C@H](O)C(O)C2O)[C@H](O)C(O)C1O)OC(=O)CCCCCC/C=C/C/C=C/C/C=C/CCCCC. The molecule has 11 atom stereocenters. The van der Waals surface area contributed by atoms with E-state index in [-0.39, 0.29) is 19.4 Å². The van der Waals surface area contributed by atoms with E-state index in [4.69, 9.17) is 28.4 Å². The second kappa shape index (κ2) is 42.7. The highest BCUT2D eigenvalue weighted by Gasteiger charge is 2.47. The Labute approximate surface area is 430 Å². The Kier molecular flexibility index (Phi) is 38.3. The van der Waals surface area contributed by atoms with Crippen LogP contribution in [-0.4, -0.2) is 142 Å². The number of rotatable bonds is 40. The fourth-order valence-electron chi connectivity index (χ4n) is 7.62. The Morgan fingerprint density at radius 2 is 0.861 bits per heavy atom. The van der Waals surface area contributed by atoms with Gasteiger partial charge in [-0.15, -0.1) is 0 Å². The summed E-state index contributed by atoms with van der Waals surface area (Å²) in [6.07, 6.45) is 37.2. The molecule has 0 amide bonds. The maximum absolute atomic E-state index is 13.0. The number of hydrogen-bond acceptors (Lipinski definition) is 15. The number of hydrogen-bond donors (Lipinski definition) is 7. The largest absolute Gasteiger partial charge is 0.462 e. The predicted octanol–water partition coefficient (Wildman–Crippen LogP) is 8.15. The molecule has 0 bridgehead atoms. The smallest absolute Gasteiger partial charge is 0.306 e. The molecule has 0 saturated carbocycles.